The monoisotopic (exact) mass is 236 g/mol. The van der Waals surface area contributed by atoms with Gasteiger partial charge in [0.2, 0.25) is 0 Å². The summed E-state index contributed by atoms with van der Waals surface area (Å²) in [5, 5.41) is 4.61. The lowest BCUT2D eigenvalue weighted by Crippen LogP contribution is -2.33. The Labute approximate surface area is 101 Å². The summed E-state index contributed by atoms with van der Waals surface area (Å²) < 4.78 is 0. The lowest BCUT2D eigenvalue weighted by molar-refractivity contribution is 0.257. The molecule has 2 saturated carbocycles. The highest BCUT2D eigenvalue weighted by Gasteiger charge is 2.53. The lowest BCUT2D eigenvalue weighted by atomic mass is 9.79. The average Bonchev–Trinajstić information content (AvgIpc) is 2.67. The first-order valence-corrected chi connectivity index (χ1v) is 7.08. The molecule has 0 spiro atoms. The third-order valence-corrected chi connectivity index (χ3v) is 5.14. The minimum Gasteiger partial charge on any atom is -0.319 e. The van der Waals surface area contributed by atoms with Crippen molar-refractivity contribution in [2.45, 2.75) is 32.6 Å². The van der Waals surface area contributed by atoms with Crippen molar-refractivity contribution in [3.63, 3.8) is 0 Å². The molecule has 0 amide bonds. The summed E-state index contributed by atoms with van der Waals surface area (Å²) in [5.74, 6) is 2.12. The Bertz CT molecular complexity index is 375. The van der Waals surface area contributed by atoms with Gasteiger partial charge in [-0.3, -0.25) is 0 Å². The van der Waals surface area contributed by atoms with Crippen molar-refractivity contribution in [2.75, 3.05) is 13.6 Å². The van der Waals surface area contributed by atoms with Crippen LogP contribution in [0, 0.1) is 24.2 Å². The van der Waals surface area contributed by atoms with Crippen LogP contribution in [0.3, 0.4) is 0 Å². The molecule has 16 heavy (non-hydrogen) atoms. The Balaban J connectivity index is 1.74. The maximum absolute atomic E-state index is 4.38. The van der Waals surface area contributed by atoms with Gasteiger partial charge in [0.05, 0.1) is 5.01 Å². The summed E-state index contributed by atoms with van der Waals surface area (Å²) in [7, 11) is 2.09. The van der Waals surface area contributed by atoms with Crippen LogP contribution in [-0.2, 0) is 6.42 Å². The van der Waals surface area contributed by atoms with Gasteiger partial charge in [-0.05, 0) is 56.9 Å². The summed E-state index contributed by atoms with van der Waals surface area (Å²) >= 11 is 1.88. The molecule has 88 valence electrons. The fourth-order valence-corrected chi connectivity index (χ4v) is 4.56. The smallest absolute Gasteiger partial charge is 0.0896 e. The van der Waals surface area contributed by atoms with Gasteiger partial charge in [-0.15, -0.1) is 11.3 Å². The number of rotatable bonds is 4. The number of nitrogens with one attached hydrogen (secondary N) is 1. The van der Waals surface area contributed by atoms with Crippen molar-refractivity contribution in [1.82, 2.24) is 10.3 Å². The van der Waals surface area contributed by atoms with E-state index in [1.807, 2.05) is 11.3 Å². The molecule has 1 aromatic rings. The zero-order valence-electron chi connectivity index (χ0n) is 10.1. The number of hydrogen-bond donors (Lipinski definition) is 1. The van der Waals surface area contributed by atoms with Crippen LogP contribution >= 0.6 is 11.3 Å². The van der Waals surface area contributed by atoms with E-state index in [1.54, 1.807) is 0 Å². The second-order valence-electron chi connectivity index (χ2n) is 5.72. The molecule has 0 bridgehead atoms. The van der Waals surface area contributed by atoms with Gasteiger partial charge in [-0.1, -0.05) is 0 Å². The Morgan fingerprint density at radius 2 is 2.25 bits per heavy atom. The van der Waals surface area contributed by atoms with Crippen LogP contribution < -0.4 is 5.32 Å². The van der Waals surface area contributed by atoms with E-state index in [1.165, 1.54) is 42.1 Å². The molecule has 2 nitrogen and oxygen atoms in total. The standard InChI is InChI=1S/C13H20N2S/c1-9-15-7-12(16-9)6-13(8-14-2)4-10-3-11(10)5-13/h7,10-11,14H,3-6,8H2,1-2H3. The first kappa shape index (κ1) is 10.7. The van der Waals surface area contributed by atoms with Crippen LogP contribution in [0.15, 0.2) is 6.20 Å². The van der Waals surface area contributed by atoms with E-state index < -0.39 is 0 Å². The molecule has 0 radical (unpaired) electrons. The molecule has 0 aromatic carbocycles. The predicted molar refractivity (Wildman–Crippen MR) is 67.7 cm³/mol. The molecule has 1 heterocycles. The van der Waals surface area contributed by atoms with Gasteiger partial charge in [0.15, 0.2) is 0 Å². The predicted octanol–water partition coefficient (Wildman–Crippen LogP) is 2.63. The topological polar surface area (TPSA) is 24.9 Å². The highest BCUT2D eigenvalue weighted by Crippen LogP contribution is 2.60. The second kappa shape index (κ2) is 3.81. The normalized spacial score (nSPS) is 36.4. The number of nitrogens with zero attached hydrogens (tertiary/aromatic N) is 1. The molecule has 0 aliphatic heterocycles. The van der Waals surface area contributed by atoms with Gasteiger partial charge in [0, 0.05) is 17.6 Å². The van der Waals surface area contributed by atoms with E-state index in [0.29, 0.717) is 5.41 Å². The molecule has 2 aliphatic rings. The van der Waals surface area contributed by atoms with E-state index in [-0.39, 0.29) is 0 Å². The van der Waals surface area contributed by atoms with Crippen LogP contribution in [0.1, 0.15) is 29.1 Å². The Morgan fingerprint density at radius 3 is 2.81 bits per heavy atom. The Hall–Kier alpha value is -0.410. The van der Waals surface area contributed by atoms with Gasteiger partial charge in [0.25, 0.3) is 0 Å². The van der Waals surface area contributed by atoms with Crippen LogP contribution in [-0.4, -0.2) is 18.6 Å². The van der Waals surface area contributed by atoms with Gasteiger partial charge < -0.3 is 5.32 Å². The maximum atomic E-state index is 4.38. The Morgan fingerprint density at radius 1 is 1.50 bits per heavy atom. The van der Waals surface area contributed by atoms with Crippen LogP contribution in [0.25, 0.3) is 0 Å². The largest absolute Gasteiger partial charge is 0.319 e. The van der Waals surface area contributed by atoms with Crippen molar-refractivity contribution in [1.29, 1.82) is 0 Å². The number of fused-ring (bicyclic) bond motifs is 1. The van der Waals surface area contributed by atoms with Crippen LogP contribution in [0.4, 0.5) is 0 Å². The van der Waals surface area contributed by atoms with Crippen LogP contribution in [0.5, 0.6) is 0 Å². The van der Waals surface area contributed by atoms with E-state index >= 15 is 0 Å². The van der Waals surface area contributed by atoms with E-state index in [2.05, 4.69) is 30.5 Å². The minimum atomic E-state index is 0.543. The summed E-state index contributed by atoms with van der Waals surface area (Å²) in [4.78, 5) is 5.86. The third kappa shape index (κ3) is 1.91. The van der Waals surface area contributed by atoms with E-state index in [9.17, 15) is 0 Å². The summed E-state index contributed by atoms with van der Waals surface area (Å²) in [6.07, 6.45) is 7.71. The first-order valence-electron chi connectivity index (χ1n) is 6.27. The lowest BCUT2D eigenvalue weighted by Gasteiger charge is -2.30. The molecular formula is C13H20N2S. The molecule has 1 aromatic heterocycles. The maximum Gasteiger partial charge on any atom is 0.0896 e. The van der Waals surface area contributed by atoms with Gasteiger partial charge >= 0.3 is 0 Å². The van der Waals surface area contributed by atoms with E-state index in [0.717, 1.165) is 11.8 Å². The van der Waals surface area contributed by atoms with Gasteiger partial charge in [0.1, 0.15) is 0 Å². The number of thiazole rings is 1. The molecule has 0 saturated heterocycles. The second-order valence-corrected chi connectivity index (χ2v) is 7.04. The van der Waals surface area contributed by atoms with E-state index in [4.69, 9.17) is 0 Å². The minimum absolute atomic E-state index is 0.543. The van der Waals surface area contributed by atoms with Crippen LogP contribution in [0.2, 0.25) is 0 Å². The zero-order valence-corrected chi connectivity index (χ0v) is 10.9. The molecule has 3 heteroatoms. The molecule has 2 fully saturated rings. The number of aryl methyl sites for hydroxylation is 1. The zero-order chi connectivity index (χ0) is 11.2. The molecular weight excluding hydrogens is 216 g/mol. The van der Waals surface area contributed by atoms with Crippen molar-refractivity contribution in [3.8, 4) is 0 Å². The SMILES string of the molecule is CNCC1(Cc2cnc(C)s2)CC2CC2C1. The first-order chi connectivity index (χ1) is 7.71. The summed E-state index contributed by atoms with van der Waals surface area (Å²) in [5.41, 5.74) is 0.543. The molecule has 2 aliphatic carbocycles. The van der Waals surface area contributed by atoms with Gasteiger partial charge in [-0.25, -0.2) is 4.98 Å². The number of hydrogen-bond acceptors (Lipinski definition) is 3. The van der Waals surface area contributed by atoms with Crippen molar-refractivity contribution >= 4 is 11.3 Å². The fraction of sp³-hybridized carbons (Fsp3) is 0.769. The fourth-order valence-electron chi connectivity index (χ4n) is 3.59. The number of aromatic nitrogens is 1. The Kier molecular flexibility index (Phi) is 2.55. The molecule has 2 atom stereocenters. The molecule has 2 unspecified atom stereocenters. The quantitative estimate of drug-likeness (QED) is 0.869. The average molecular weight is 236 g/mol. The molecule has 1 N–H and O–H groups in total. The van der Waals surface area contributed by atoms with Gasteiger partial charge in [-0.2, -0.15) is 0 Å². The highest BCUT2D eigenvalue weighted by molar-refractivity contribution is 7.11. The van der Waals surface area contributed by atoms with Crippen molar-refractivity contribution in [2.24, 2.45) is 17.3 Å². The summed E-state index contributed by atoms with van der Waals surface area (Å²) in [6, 6.07) is 0. The highest BCUT2D eigenvalue weighted by atomic mass is 32.1. The summed E-state index contributed by atoms with van der Waals surface area (Å²) in [6.45, 7) is 3.28. The molecule has 3 rings (SSSR count). The van der Waals surface area contributed by atoms with Crippen molar-refractivity contribution < 1.29 is 0 Å². The van der Waals surface area contributed by atoms with Crippen molar-refractivity contribution in [3.05, 3.63) is 16.1 Å². The third-order valence-electron chi connectivity index (χ3n) is 4.23.